The highest BCUT2D eigenvalue weighted by molar-refractivity contribution is 7.99. The standard InChI is InChI=1S/C12H17N7OS/c1-3-20-7-10-14-9(13-2)6-11(15-10)21-12-16-17-18-19(12)8-4-5-8/h6,8H,3-5,7H2,1-2H3,(H,13,14,15). The Morgan fingerprint density at radius 1 is 1.43 bits per heavy atom. The first kappa shape index (κ1) is 14.2. The summed E-state index contributed by atoms with van der Waals surface area (Å²) in [5.74, 6) is 1.41. The molecule has 1 aliphatic rings. The Morgan fingerprint density at radius 2 is 2.29 bits per heavy atom. The molecule has 0 spiro atoms. The van der Waals surface area contributed by atoms with Gasteiger partial charge in [-0.15, -0.1) is 5.10 Å². The lowest BCUT2D eigenvalue weighted by atomic mass is 10.5. The number of hydrogen-bond donors (Lipinski definition) is 1. The summed E-state index contributed by atoms with van der Waals surface area (Å²) in [4.78, 5) is 8.86. The van der Waals surface area contributed by atoms with Crippen molar-refractivity contribution in [3.63, 3.8) is 0 Å². The van der Waals surface area contributed by atoms with Crippen LogP contribution in [0.4, 0.5) is 5.82 Å². The first-order valence-corrected chi connectivity index (χ1v) is 7.71. The van der Waals surface area contributed by atoms with Crippen molar-refractivity contribution in [1.82, 2.24) is 30.2 Å². The van der Waals surface area contributed by atoms with Crippen molar-refractivity contribution in [3.8, 4) is 0 Å². The molecule has 1 fully saturated rings. The van der Waals surface area contributed by atoms with Gasteiger partial charge < -0.3 is 10.1 Å². The third kappa shape index (κ3) is 3.48. The molecule has 1 N–H and O–H groups in total. The summed E-state index contributed by atoms with van der Waals surface area (Å²) in [6.07, 6.45) is 2.28. The summed E-state index contributed by atoms with van der Waals surface area (Å²) in [6.45, 7) is 2.98. The molecule has 0 atom stereocenters. The van der Waals surface area contributed by atoms with Crippen molar-refractivity contribution in [2.45, 2.75) is 42.6 Å². The quantitative estimate of drug-likeness (QED) is 0.770. The summed E-state index contributed by atoms with van der Waals surface area (Å²) in [7, 11) is 1.83. The predicted octanol–water partition coefficient (Wildman–Crippen LogP) is 1.53. The molecule has 9 heteroatoms. The monoisotopic (exact) mass is 307 g/mol. The zero-order valence-corrected chi connectivity index (χ0v) is 12.8. The topological polar surface area (TPSA) is 90.6 Å². The number of nitrogens with one attached hydrogen (secondary N) is 1. The summed E-state index contributed by atoms with van der Waals surface area (Å²) >= 11 is 1.45. The molecule has 21 heavy (non-hydrogen) atoms. The molecule has 0 radical (unpaired) electrons. The van der Waals surface area contributed by atoms with Crippen molar-refractivity contribution in [3.05, 3.63) is 11.9 Å². The van der Waals surface area contributed by atoms with Gasteiger partial charge in [0, 0.05) is 19.7 Å². The maximum Gasteiger partial charge on any atom is 0.215 e. The molecule has 0 unspecified atom stereocenters. The molecule has 2 aromatic rings. The van der Waals surface area contributed by atoms with E-state index in [4.69, 9.17) is 4.74 Å². The Bertz CT molecular complexity index is 613. The van der Waals surface area contributed by atoms with E-state index in [1.54, 1.807) is 0 Å². The van der Waals surface area contributed by atoms with Crippen LogP contribution in [0.25, 0.3) is 0 Å². The minimum atomic E-state index is 0.396. The number of tetrazole rings is 1. The maximum atomic E-state index is 5.37. The minimum Gasteiger partial charge on any atom is -0.374 e. The lowest BCUT2D eigenvalue weighted by Crippen LogP contribution is -2.04. The van der Waals surface area contributed by atoms with Gasteiger partial charge in [0.25, 0.3) is 0 Å². The first-order valence-electron chi connectivity index (χ1n) is 6.89. The van der Waals surface area contributed by atoms with Crippen molar-refractivity contribution >= 4 is 17.6 Å². The Morgan fingerprint density at radius 3 is 3.00 bits per heavy atom. The SMILES string of the molecule is CCOCc1nc(NC)cc(Sc2nnnn2C2CC2)n1. The maximum absolute atomic E-state index is 5.37. The molecule has 1 saturated carbocycles. The zero-order chi connectivity index (χ0) is 14.7. The molecule has 0 aromatic carbocycles. The van der Waals surface area contributed by atoms with E-state index in [9.17, 15) is 0 Å². The fraction of sp³-hybridized carbons (Fsp3) is 0.583. The lowest BCUT2D eigenvalue weighted by molar-refractivity contribution is 0.128. The fourth-order valence-electron chi connectivity index (χ4n) is 1.81. The molecule has 3 rings (SSSR count). The number of rotatable bonds is 7. The summed E-state index contributed by atoms with van der Waals surface area (Å²) < 4.78 is 7.24. The largest absolute Gasteiger partial charge is 0.374 e. The third-order valence-electron chi connectivity index (χ3n) is 2.99. The molecule has 112 valence electrons. The van der Waals surface area contributed by atoms with E-state index < -0.39 is 0 Å². The summed E-state index contributed by atoms with van der Waals surface area (Å²) in [5.41, 5.74) is 0. The van der Waals surface area contributed by atoms with Crippen LogP contribution in [0.1, 0.15) is 31.6 Å². The third-order valence-corrected chi connectivity index (χ3v) is 3.86. The Balaban J connectivity index is 1.81. The van der Waals surface area contributed by atoms with Gasteiger partial charge in [-0.25, -0.2) is 14.6 Å². The van der Waals surface area contributed by atoms with Crippen LogP contribution in [0.2, 0.25) is 0 Å². The second-order valence-corrected chi connectivity index (χ2v) is 5.62. The number of anilines is 1. The normalized spacial score (nSPS) is 14.4. The van der Waals surface area contributed by atoms with Gasteiger partial charge in [-0.2, -0.15) is 0 Å². The minimum absolute atomic E-state index is 0.396. The van der Waals surface area contributed by atoms with Crippen LogP contribution in [-0.2, 0) is 11.3 Å². The first-order chi connectivity index (χ1) is 10.3. The van der Waals surface area contributed by atoms with E-state index in [0.29, 0.717) is 25.1 Å². The van der Waals surface area contributed by atoms with Crippen molar-refractivity contribution in [1.29, 1.82) is 0 Å². The Labute approximate surface area is 126 Å². The van der Waals surface area contributed by atoms with Crippen molar-refractivity contribution in [2.75, 3.05) is 19.0 Å². The van der Waals surface area contributed by atoms with Crippen LogP contribution in [0, 0.1) is 0 Å². The molecule has 0 bridgehead atoms. The summed E-state index contributed by atoms with van der Waals surface area (Å²) in [5, 5.41) is 16.5. The van der Waals surface area contributed by atoms with Crippen LogP contribution >= 0.6 is 11.8 Å². The van der Waals surface area contributed by atoms with Gasteiger partial charge in [-0.05, 0) is 42.0 Å². The molecule has 8 nitrogen and oxygen atoms in total. The van der Waals surface area contributed by atoms with E-state index in [1.807, 2.05) is 24.7 Å². The molecule has 2 aromatic heterocycles. The second kappa shape index (κ2) is 6.35. The Hall–Kier alpha value is -1.74. The average Bonchev–Trinajstić information content (AvgIpc) is 3.25. The van der Waals surface area contributed by atoms with Crippen LogP contribution in [0.15, 0.2) is 16.2 Å². The number of aromatic nitrogens is 6. The summed E-state index contributed by atoms with van der Waals surface area (Å²) in [6, 6.07) is 2.32. The van der Waals surface area contributed by atoms with E-state index in [-0.39, 0.29) is 0 Å². The number of ether oxygens (including phenoxy) is 1. The Kier molecular flexibility index (Phi) is 4.30. The number of hydrogen-bond acceptors (Lipinski definition) is 8. The smallest absolute Gasteiger partial charge is 0.215 e. The molecule has 0 aliphatic heterocycles. The van der Waals surface area contributed by atoms with Gasteiger partial charge in [0.1, 0.15) is 17.5 Å². The highest BCUT2D eigenvalue weighted by Gasteiger charge is 2.28. The molecule has 1 aliphatic carbocycles. The molecule has 0 saturated heterocycles. The highest BCUT2D eigenvalue weighted by atomic mass is 32.2. The van der Waals surface area contributed by atoms with Gasteiger partial charge in [-0.3, -0.25) is 0 Å². The lowest BCUT2D eigenvalue weighted by Gasteiger charge is -2.07. The van der Waals surface area contributed by atoms with Gasteiger partial charge in [0.05, 0.1) is 6.04 Å². The zero-order valence-electron chi connectivity index (χ0n) is 12.0. The predicted molar refractivity (Wildman–Crippen MR) is 77.1 cm³/mol. The van der Waals surface area contributed by atoms with Gasteiger partial charge in [0.15, 0.2) is 5.82 Å². The fourth-order valence-corrected chi connectivity index (χ4v) is 2.67. The van der Waals surface area contributed by atoms with E-state index in [1.165, 1.54) is 11.8 Å². The van der Waals surface area contributed by atoms with Crippen molar-refractivity contribution in [2.24, 2.45) is 0 Å². The molecule has 0 amide bonds. The molecule has 2 heterocycles. The number of nitrogens with zero attached hydrogens (tertiary/aromatic N) is 6. The van der Waals surface area contributed by atoms with Gasteiger partial charge in [-0.1, -0.05) is 0 Å². The van der Waals surface area contributed by atoms with Crippen LogP contribution in [0.5, 0.6) is 0 Å². The van der Waals surface area contributed by atoms with Crippen LogP contribution in [-0.4, -0.2) is 43.8 Å². The van der Waals surface area contributed by atoms with Crippen molar-refractivity contribution < 1.29 is 4.74 Å². The second-order valence-electron chi connectivity index (χ2n) is 4.63. The highest BCUT2D eigenvalue weighted by Crippen LogP contribution is 2.37. The molecular formula is C12H17N7OS. The average molecular weight is 307 g/mol. The van der Waals surface area contributed by atoms with E-state index >= 15 is 0 Å². The van der Waals surface area contributed by atoms with Crippen LogP contribution < -0.4 is 5.32 Å². The van der Waals surface area contributed by atoms with Gasteiger partial charge in [0.2, 0.25) is 5.16 Å². The van der Waals surface area contributed by atoms with Crippen LogP contribution in [0.3, 0.4) is 0 Å². The molecular weight excluding hydrogens is 290 g/mol. The van der Waals surface area contributed by atoms with E-state index in [0.717, 1.165) is 28.8 Å². The van der Waals surface area contributed by atoms with Gasteiger partial charge >= 0.3 is 0 Å². The van der Waals surface area contributed by atoms with E-state index in [2.05, 4.69) is 30.8 Å².